The minimum absolute atomic E-state index is 0.277. The molecule has 0 aliphatic carbocycles. The molecule has 0 fully saturated rings. The first kappa shape index (κ1) is 26.8. The first-order valence-electron chi connectivity index (χ1n) is 8.99. The lowest BCUT2D eigenvalue weighted by Gasteiger charge is -2.32. The van der Waals surface area contributed by atoms with E-state index in [1.54, 1.807) is 41.5 Å². The Morgan fingerprint density at radius 2 is 1.47 bits per heavy atom. The number of imide groups is 1. The molecular weight excluding hydrogens is 402 g/mol. The number of guanidine groups is 1. The Morgan fingerprint density at radius 3 is 1.83 bits per heavy atom. The summed E-state index contributed by atoms with van der Waals surface area (Å²) in [4.78, 5) is 54.1. The summed E-state index contributed by atoms with van der Waals surface area (Å²) >= 11 is 0. The third kappa shape index (κ3) is 11.6. The van der Waals surface area contributed by atoms with Crippen molar-refractivity contribution in [2.45, 2.75) is 65.2 Å². The van der Waals surface area contributed by atoms with Gasteiger partial charge in [0.05, 0.1) is 0 Å². The fraction of sp³-hybridized carbons (Fsp3) is 0.706. The van der Waals surface area contributed by atoms with Gasteiger partial charge < -0.3 is 36.2 Å². The van der Waals surface area contributed by atoms with Gasteiger partial charge in [-0.3, -0.25) is 9.59 Å². The Bertz CT molecular complexity index is 634. The molecule has 0 heterocycles. The zero-order valence-electron chi connectivity index (χ0n) is 18.1. The second kappa shape index (κ2) is 11.1. The SMILES string of the molecule is CC(C)(C)OC(=O)N(C(=O)OC(C)(C)C)[C@@H](CCON=C(N)N)C(=O)NCC(=O)O. The highest BCUT2D eigenvalue weighted by Gasteiger charge is 2.40. The summed E-state index contributed by atoms with van der Waals surface area (Å²) < 4.78 is 10.4. The number of carbonyl (C=O) groups excluding carboxylic acids is 3. The van der Waals surface area contributed by atoms with Gasteiger partial charge in [0.25, 0.3) is 0 Å². The van der Waals surface area contributed by atoms with Crippen molar-refractivity contribution in [3.63, 3.8) is 0 Å². The largest absolute Gasteiger partial charge is 0.480 e. The maximum Gasteiger partial charge on any atom is 0.420 e. The van der Waals surface area contributed by atoms with E-state index in [1.807, 2.05) is 0 Å². The predicted molar refractivity (Wildman–Crippen MR) is 105 cm³/mol. The number of ether oxygens (including phenoxy) is 2. The molecule has 13 nitrogen and oxygen atoms in total. The van der Waals surface area contributed by atoms with E-state index in [-0.39, 0.29) is 19.0 Å². The van der Waals surface area contributed by atoms with Crippen LogP contribution in [0.4, 0.5) is 9.59 Å². The van der Waals surface area contributed by atoms with Crippen molar-refractivity contribution in [2.24, 2.45) is 16.6 Å². The molecule has 0 aromatic heterocycles. The number of carbonyl (C=O) groups is 4. The molecule has 0 radical (unpaired) electrons. The Balaban J connectivity index is 5.89. The molecule has 0 saturated heterocycles. The van der Waals surface area contributed by atoms with Gasteiger partial charge in [-0.15, -0.1) is 0 Å². The van der Waals surface area contributed by atoms with Crippen molar-refractivity contribution in [2.75, 3.05) is 13.2 Å². The van der Waals surface area contributed by atoms with Crippen LogP contribution in [0.15, 0.2) is 5.16 Å². The Morgan fingerprint density at radius 1 is 1.00 bits per heavy atom. The van der Waals surface area contributed by atoms with Crippen LogP contribution in [0.5, 0.6) is 0 Å². The Labute approximate surface area is 174 Å². The number of carboxylic acid groups (broad SMARTS) is 1. The number of aliphatic carboxylic acids is 1. The fourth-order valence-corrected chi connectivity index (χ4v) is 1.89. The maximum atomic E-state index is 12.7. The molecule has 0 aliphatic heterocycles. The number of nitrogens with zero attached hydrogens (tertiary/aromatic N) is 2. The van der Waals surface area contributed by atoms with Crippen molar-refractivity contribution in [1.82, 2.24) is 10.2 Å². The molecule has 0 aromatic carbocycles. The highest BCUT2D eigenvalue weighted by atomic mass is 16.6. The first-order valence-corrected chi connectivity index (χ1v) is 8.99. The molecule has 172 valence electrons. The van der Waals surface area contributed by atoms with Gasteiger partial charge in [0.1, 0.15) is 30.4 Å². The zero-order chi connectivity index (χ0) is 23.7. The van der Waals surface area contributed by atoms with Gasteiger partial charge in [0, 0.05) is 6.42 Å². The third-order valence-electron chi connectivity index (χ3n) is 2.86. The lowest BCUT2D eigenvalue weighted by molar-refractivity contribution is -0.138. The van der Waals surface area contributed by atoms with Crippen LogP contribution in [0.25, 0.3) is 0 Å². The van der Waals surface area contributed by atoms with Crippen molar-refractivity contribution < 1.29 is 38.6 Å². The zero-order valence-corrected chi connectivity index (χ0v) is 18.1. The number of nitrogens with one attached hydrogen (secondary N) is 1. The van der Waals surface area contributed by atoms with Crippen LogP contribution in [-0.2, 0) is 23.9 Å². The summed E-state index contributed by atoms with van der Waals surface area (Å²) in [5.74, 6) is -2.64. The van der Waals surface area contributed by atoms with E-state index in [9.17, 15) is 19.2 Å². The quantitative estimate of drug-likeness (QED) is 0.179. The van der Waals surface area contributed by atoms with Crippen LogP contribution < -0.4 is 16.8 Å². The van der Waals surface area contributed by atoms with E-state index < -0.39 is 47.9 Å². The molecular formula is C17H31N5O8. The van der Waals surface area contributed by atoms with Crippen LogP contribution in [0.1, 0.15) is 48.0 Å². The molecule has 13 heteroatoms. The third-order valence-corrected chi connectivity index (χ3v) is 2.86. The van der Waals surface area contributed by atoms with E-state index >= 15 is 0 Å². The number of carboxylic acids is 1. The van der Waals surface area contributed by atoms with Gasteiger partial charge in [0.15, 0.2) is 0 Å². The van der Waals surface area contributed by atoms with Gasteiger partial charge in [-0.25, -0.2) is 9.59 Å². The van der Waals surface area contributed by atoms with E-state index in [0.717, 1.165) is 0 Å². The molecule has 30 heavy (non-hydrogen) atoms. The average molecular weight is 433 g/mol. The minimum atomic E-state index is -1.52. The number of nitrogens with two attached hydrogens (primary N) is 2. The molecule has 0 unspecified atom stereocenters. The van der Waals surface area contributed by atoms with Crippen molar-refractivity contribution in [3.05, 3.63) is 0 Å². The van der Waals surface area contributed by atoms with Crippen LogP contribution >= 0.6 is 0 Å². The second-order valence-electron chi connectivity index (χ2n) is 8.10. The van der Waals surface area contributed by atoms with Gasteiger partial charge in [0.2, 0.25) is 11.9 Å². The molecule has 0 bridgehead atoms. The molecule has 6 N–H and O–H groups in total. The summed E-state index contributed by atoms with van der Waals surface area (Å²) in [6.07, 6.45) is -2.59. The summed E-state index contributed by atoms with van der Waals surface area (Å²) in [6, 6.07) is -1.52. The summed E-state index contributed by atoms with van der Waals surface area (Å²) in [5.41, 5.74) is 8.31. The predicted octanol–water partition coefficient (Wildman–Crippen LogP) is 0.323. The Kier molecular flexibility index (Phi) is 9.87. The molecule has 0 aliphatic rings. The number of rotatable bonds is 8. The van der Waals surface area contributed by atoms with Crippen molar-refractivity contribution in [1.29, 1.82) is 0 Å². The first-order chi connectivity index (χ1) is 13.5. The van der Waals surface area contributed by atoms with Crippen LogP contribution in [0, 0.1) is 0 Å². The smallest absolute Gasteiger partial charge is 0.420 e. The monoisotopic (exact) mass is 433 g/mol. The molecule has 0 spiro atoms. The van der Waals surface area contributed by atoms with Crippen LogP contribution in [-0.4, -0.2) is 70.4 Å². The number of amides is 3. The minimum Gasteiger partial charge on any atom is -0.480 e. The van der Waals surface area contributed by atoms with E-state index in [2.05, 4.69) is 10.5 Å². The lowest BCUT2D eigenvalue weighted by atomic mass is 10.1. The van der Waals surface area contributed by atoms with E-state index in [4.69, 9.17) is 30.9 Å². The van der Waals surface area contributed by atoms with Crippen molar-refractivity contribution in [3.8, 4) is 0 Å². The van der Waals surface area contributed by atoms with E-state index in [1.165, 1.54) is 0 Å². The highest BCUT2D eigenvalue weighted by molar-refractivity contribution is 5.96. The number of oxime groups is 1. The van der Waals surface area contributed by atoms with Gasteiger partial charge >= 0.3 is 18.2 Å². The molecule has 0 saturated carbocycles. The average Bonchev–Trinajstić information content (AvgIpc) is 2.51. The van der Waals surface area contributed by atoms with Gasteiger partial charge in [-0.05, 0) is 46.7 Å². The number of hydrogen-bond acceptors (Lipinski definition) is 8. The van der Waals surface area contributed by atoms with Gasteiger partial charge in [-0.2, -0.15) is 4.90 Å². The molecule has 0 rings (SSSR count). The Hall–Kier alpha value is -3.25. The summed E-state index contributed by atoms with van der Waals surface area (Å²) in [6.45, 7) is 8.39. The normalized spacial score (nSPS) is 12.2. The standard InChI is InChI=1S/C17H31N5O8/c1-16(2,3)29-14(26)22(15(27)30-17(4,5)6)10(7-8-28-21-13(18)19)12(25)20-9-11(23)24/h10H,7-9H2,1-6H3,(H,20,25)(H,23,24)(H4,18,19,21)/t10-/m0/s1. The second-order valence-corrected chi connectivity index (χ2v) is 8.10. The van der Waals surface area contributed by atoms with Crippen LogP contribution in [0.2, 0.25) is 0 Å². The van der Waals surface area contributed by atoms with Crippen molar-refractivity contribution >= 4 is 30.0 Å². The highest BCUT2D eigenvalue weighted by Crippen LogP contribution is 2.18. The lowest BCUT2D eigenvalue weighted by Crippen LogP contribution is -2.55. The summed E-state index contributed by atoms with van der Waals surface area (Å²) in [5, 5.41) is 14.2. The summed E-state index contributed by atoms with van der Waals surface area (Å²) in [7, 11) is 0. The van der Waals surface area contributed by atoms with Gasteiger partial charge in [-0.1, -0.05) is 0 Å². The van der Waals surface area contributed by atoms with Crippen LogP contribution in [0.3, 0.4) is 0 Å². The molecule has 3 amide bonds. The molecule has 1 atom stereocenters. The number of hydrogen-bond donors (Lipinski definition) is 4. The molecule has 0 aromatic rings. The topological polar surface area (TPSA) is 196 Å². The van der Waals surface area contributed by atoms with E-state index in [0.29, 0.717) is 4.90 Å². The maximum absolute atomic E-state index is 12.7. The fourth-order valence-electron chi connectivity index (χ4n) is 1.89.